The van der Waals surface area contributed by atoms with Gasteiger partial charge in [-0.2, -0.15) is 13.2 Å². The first-order chi connectivity index (χ1) is 10.8. The van der Waals surface area contributed by atoms with E-state index in [4.69, 9.17) is 26.5 Å². The van der Waals surface area contributed by atoms with Crippen molar-refractivity contribution >= 4 is 23.0 Å². The second kappa shape index (κ2) is 5.34. The maximum Gasteiger partial charge on any atom is 0.416 e. The third kappa shape index (κ3) is 2.79. The molecule has 1 aliphatic rings. The Bertz CT molecular complexity index is 797. The number of Topliss-reactive ketones (excluding diaryl/α,β-unsaturated/α-hetero) is 1. The molecule has 1 aromatic carbocycles. The van der Waals surface area contributed by atoms with Crippen molar-refractivity contribution in [3.63, 3.8) is 0 Å². The van der Waals surface area contributed by atoms with Gasteiger partial charge in [-0.1, -0.05) is 11.6 Å². The van der Waals surface area contributed by atoms with Crippen LogP contribution in [0.25, 0.3) is 5.57 Å². The summed E-state index contributed by atoms with van der Waals surface area (Å²) in [7, 11) is 0. The van der Waals surface area contributed by atoms with Gasteiger partial charge in [-0.05, 0) is 29.8 Å². The number of ketones is 1. The van der Waals surface area contributed by atoms with Crippen LogP contribution in [0.4, 0.5) is 13.2 Å². The lowest BCUT2D eigenvalue weighted by molar-refractivity contribution is -0.137. The minimum atomic E-state index is -4.60. The molecular formula is C15H9ClF3NO3. The standard InChI is InChI=1S/C15H9ClF3NO3/c16-10-4-8(3-9(5-10)15(17,18)19)11-12(21)13(23-14(11)20)7-1-2-22-6-7/h1-6,13H,20H2. The number of halogens is 4. The molecule has 2 aromatic rings. The number of benzene rings is 1. The average Bonchev–Trinajstić information content (AvgIpc) is 3.05. The van der Waals surface area contributed by atoms with Crippen molar-refractivity contribution in [2.75, 3.05) is 0 Å². The molecule has 120 valence electrons. The molecule has 0 bridgehead atoms. The van der Waals surface area contributed by atoms with Crippen molar-refractivity contribution in [3.05, 3.63) is 64.4 Å². The Balaban J connectivity index is 2.03. The monoisotopic (exact) mass is 343 g/mol. The maximum absolute atomic E-state index is 12.9. The second-order valence-electron chi connectivity index (χ2n) is 4.88. The predicted octanol–water partition coefficient (Wildman–Crippen LogP) is 3.92. The van der Waals surface area contributed by atoms with Crippen molar-refractivity contribution < 1.29 is 27.1 Å². The largest absolute Gasteiger partial charge is 0.472 e. The summed E-state index contributed by atoms with van der Waals surface area (Å²) in [4.78, 5) is 12.5. The van der Waals surface area contributed by atoms with Crippen LogP contribution in [0.2, 0.25) is 5.02 Å². The lowest BCUT2D eigenvalue weighted by atomic mass is 9.97. The molecule has 0 aliphatic carbocycles. The highest BCUT2D eigenvalue weighted by molar-refractivity contribution is 6.31. The topological polar surface area (TPSA) is 65.5 Å². The van der Waals surface area contributed by atoms with Gasteiger partial charge in [-0.25, -0.2) is 0 Å². The summed E-state index contributed by atoms with van der Waals surface area (Å²) >= 11 is 5.74. The van der Waals surface area contributed by atoms with E-state index in [-0.39, 0.29) is 22.0 Å². The fourth-order valence-corrected chi connectivity index (χ4v) is 2.55. The number of hydrogen-bond donors (Lipinski definition) is 1. The number of carbonyl (C=O) groups is 1. The third-order valence-corrected chi connectivity index (χ3v) is 3.55. The van der Waals surface area contributed by atoms with Gasteiger partial charge in [0.05, 0.1) is 23.7 Å². The van der Waals surface area contributed by atoms with Crippen LogP contribution in [-0.2, 0) is 15.7 Å². The van der Waals surface area contributed by atoms with E-state index in [1.807, 2.05) is 0 Å². The fraction of sp³-hybridized carbons (Fsp3) is 0.133. The number of rotatable bonds is 2. The number of alkyl halides is 3. The van der Waals surface area contributed by atoms with E-state index in [1.54, 1.807) is 0 Å². The summed E-state index contributed by atoms with van der Waals surface area (Å²) in [6.07, 6.45) is -2.99. The molecule has 1 unspecified atom stereocenters. The van der Waals surface area contributed by atoms with Gasteiger partial charge in [0.15, 0.2) is 12.0 Å². The SMILES string of the molecule is NC1=C(c2cc(Cl)cc(C(F)(F)F)c2)C(=O)C(c2ccoc2)O1. The molecule has 3 rings (SSSR count). The van der Waals surface area contributed by atoms with Crippen LogP contribution >= 0.6 is 11.6 Å². The van der Waals surface area contributed by atoms with Crippen molar-refractivity contribution in [3.8, 4) is 0 Å². The van der Waals surface area contributed by atoms with Crippen molar-refractivity contribution in [1.82, 2.24) is 0 Å². The highest BCUT2D eigenvalue weighted by Gasteiger charge is 2.38. The molecule has 23 heavy (non-hydrogen) atoms. The molecule has 0 saturated carbocycles. The Morgan fingerprint density at radius 1 is 1.22 bits per heavy atom. The quantitative estimate of drug-likeness (QED) is 0.897. The van der Waals surface area contributed by atoms with E-state index < -0.39 is 23.6 Å². The van der Waals surface area contributed by atoms with Gasteiger partial charge in [0.25, 0.3) is 0 Å². The van der Waals surface area contributed by atoms with E-state index >= 15 is 0 Å². The molecule has 1 aromatic heterocycles. The molecule has 0 fully saturated rings. The third-order valence-electron chi connectivity index (χ3n) is 3.34. The van der Waals surface area contributed by atoms with E-state index in [1.165, 1.54) is 24.7 Å². The summed E-state index contributed by atoms with van der Waals surface area (Å²) in [6.45, 7) is 0. The first-order valence-electron chi connectivity index (χ1n) is 6.38. The number of nitrogens with two attached hydrogens (primary N) is 1. The van der Waals surface area contributed by atoms with Gasteiger partial charge in [-0.15, -0.1) is 0 Å². The number of hydrogen-bond acceptors (Lipinski definition) is 4. The van der Waals surface area contributed by atoms with E-state index in [2.05, 4.69) is 0 Å². The Labute approximate surface area is 133 Å². The first-order valence-corrected chi connectivity index (χ1v) is 6.76. The van der Waals surface area contributed by atoms with Gasteiger partial charge in [0.1, 0.15) is 0 Å². The van der Waals surface area contributed by atoms with Gasteiger partial charge >= 0.3 is 6.18 Å². The maximum atomic E-state index is 12.9. The van der Waals surface area contributed by atoms with Crippen LogP contribution in [0.3, 0.4) is 0 Å². The molecular weight excluding hydrogens is 335 g/mol. The molecule has 1 aliphatic heterocycles. The summed E-state index contributed by atoms with van der Waals surface area (Å²) in [5.41, 5.74) is 4.96. The summed E-state index contributed by atoms with van der Waals surface area (Å²) in [6, 6.07) is 4.33. The van der Waals surface area contributed by atoms with Crippen molar-refractivity contribution in [2.45, 2.75) is 12.3 Å². The number of carbonyl (C=O) groups excluding carboxylic acids is 1. The van der Waals surface area contributed by atoms with Gasteiger partial charge in [0, 0.05) is 10.6 Å². The average molecular weight is 344 g/mol. The zero-order chi connectivity index (χ0) is 16.8. The zero-order valence-corrected chi connectivity index (χ0v) is 12.1. The molecule has 2 N–H and O–H groups in total. The van der Waals surface area contributed by atoms with E-state index in [0.717, 1.165) is 12.1 Å². The van der Waals surface area contributed by atoms with Crippen LogP contribution in [0.1, 0.15) is 22.8 Å². The number of furan rings is 1. The van der Waals surface area contributed by atoms with Crippen LogP contribution in [0.15, 0.2) is 47.1 Å². The molecule has 0 radical (unpaired) electrons. The molecule has 0 amide bonds. The number of ether oxygens (including phenoxy) is 1. The van der Waals surface area contributed by atoms with Crippen LogP contribution in [0, 0.1) is 0 Å². The van der Waals surface area contributed by atoms with Crippen LogP contribution in [-0.4, -0.2) is 5.78 Å². The highest BCUT2D eigenvalue weighted by Crippen LogP contribution is 2.39. The Morgan fingerprint density at radius 2 is 1.96 bits per heavy atom. The van der Waals surface area contributed by atoms with Crippen molar-refractivity contribution in [2.24, 2.45) is 5.73 Å². The Kier molecular flexibility index (Phi) is 3.60. The predicted molar refractivity (Wildman–Crippen MR) is 75.1 cm³/mol. The summed E-state index contributed by atoms with van der Waals surface area (Å²) in [5, 5.41) is -0.158. The van der Waals surface area contributed by atoms with Gasteiger partial charge in [0.2, 0.25) is 5.78 Å². The van der Waals surface area contributed by atoms with Crippen LogP contribution < -0.4 is 5.73 Å². The van der Waals surface area contributed by atoms with Gasteiger partial charge in [-0.3, -0.25) is 4.79 Å². The molecule has 8 heteroatoms. The summed E-state index contributed by atoms with van der Waals surface area (Å²) < 4.78 is 48.8. The minimum absolute atomic E-state index is 0.0432. The molecule has 0 spiro atoms. The molecule has 4 nitrogen and oxygen atoms in total. The fourth-order valence-electron chi connectivity index (χ4n) is 2.32. The normalized spacial score (nSPS) is 18.4. The lowest BCUT2D eigenvalue weighted by Crippen LogP contribution is -2.10. The van der Waals surface area contributed by atoms with E-state index in [0.29, 0.717) is 5.56 Å². The zero-order valence-electron chi connectivity index (χ0n) is 11.4. The van der Waals surface area contributed by atoms with Gasteiger partial charge < -0.3 is 14.9 Å². The van der Waals surface area contributed by atoms with Crippen LogP contribution in [0.5, 0.6) is 0 Å². The van der Waals surface area contributed by atoms with E-state index in [9.17, 15) is 18.0 Å². The Morgan fingerprint density at radius 3 is 2.57 bits per heavy atom. The lowest BCUT2D eigenvalue weighted by Gasteiger charge is -2.10. The molecule has 0 saturated heterocycles. The second-order valence-corrected chi connectivity index (χ2v) is 5.32. The van der Waals surface area contributed by atoms with Crippen molar-refractivity contribution in [1.29, 1.82) is 0 Å². The summed E-state index contributed by atoms with van der Waals surface area (Å²) in [5.74, 6) is -0.809. The smallest absolute Gasteiger partial charge is 0.416 e. The molecule has 1 atom stereocenters. The molecule has 2 heterocycles. The first kappa shape index (κ1) is 15.5. The Hall–Kier alpha value is -2.41. The highest BCUT2D eigenvalue weighted by atomic mass is 35.5. The minimum Gasteiger partial charge on any atom is -0.472 e.